The van der Waals surface area contributed by atoms with Crippen LogP contribution in [0, 0.1) is 13.8 Å². The summed E-state index contributed by atoms with van der Waals surface area (Å²) >= 11 is 0. The van der Waals surface area contributed by atoms with Crippen molar-refractivity contribution in [2.24, 2.45) is 4.99 Å². The number of aryl methyl sites for hydroxylation is 3. The number of pyridine rings is 1. The zero-order valence-electron chi connectivity index (χ0n) is 13.5. The normalized spacial score (nSPS) is 11.5. The Balaban J connectivity index is 1.69. The molecule has 0 radical (unpaired) electrons. The van der Waals surface area contributed by atoms with Crippen molar-refractivity contribution in [1.82, 2.24) is 25.4 Å². The fourth-order valence-electron chi connectivity index (χ4n) is 2.23. The van der Waals surface area contributed by atoms with Crippen LogP contribution in [0.4, 0.5) is 0 Å². The summed E-state index contributed by atoms with van der Waals surface area (Å²) in [4.78, 5) is 8.49. The number of aliphatic imine (C=N–C) groups is 1. The van der Waals surface area contributed by atoms with Crippen molar-refractivity contribution in [3.8, 4) is 0 Å². The van der Waals surface area contributed by atoms with Crippen LogP contribution in [0.15, 0.2) is 35.5 Å². The van der Waals surface area contributed by atoms with Gasteiger partial charge in [-0.1, -0.05) is 6.07 Å². The molecule has 2 heterocycles. The first-order valence-corrected chi connectivity index (χ1v) is 7.54. The summed E-state index contributed by atoms with van der Waals surface area (Å²) in [7, 11) is 1.77. The molecule has 0 amide bonds. The zero-order chi connectivity index (χ0) is 15.8. The summed E-state index contributed by atoms with van der Waals surface area (Å²) in [6, 6.07) is 7.98. The van der Waals surface area contributed by atoms with E-state index in [4.69, 9.17) is 0 Å². The summed E-state index contributed by atoms with van der Waals surface area (Å²) in [5.41, 5.74) is 3.27. The molecule has 118 valence electrons. The number of nitrogens with zero attached hydrogens (tertiary/aromatic N) is 4. The Morgan fingerprint density at radius 2 is 2.14 bits per heavy atom. The van der Waals surface area contributed by atoms with Gasteiger partial charge in [0, 0.05) is 32.0 Å². The van der Waals surface area contributed by atoms with Crippen LogP contribution in [-0.4, -0.2) is 34.3 Å². The van der Waals surface area contributed by atoms with E-state index < -0.39 is 0 Å². The lowest BCUT2D eigenvalue weighted by Gasteiger charge is -2.12. The zero-order valence-corrected chi connectivity index (χ0v) is 13.5. The standard InChI is InChI=1S/C16H24N6/c1-13-11-14(2)22(21-13)10-6-9-19-16(17-3)20-12-15-7-4-5-8-18-15/h4-5,7-8,11H,6,9-10,12H2,1-3H3,(H2,17,19,20). The minimum absolute atomic E-state index is 0.665. The predicted octanol–water partition coefficient (Wildman–Crippen LogP) is 1.65. The molecule has 22 heavy (non-hydrogen) atoms. The first kappa shape index (κ1) is 16.0. The SMILES string of the molecule is CN=C(NCCCn1nc(C)cc1C)NCc1ccccn1. The van der Waals surface area contributed by atoms with Gasteiger partial charge in [-0.15, -0.1) is 0 Å². The summed E-state index contributed by atoms with van der Waals surface area (Å²) in [5, 5.41) is 11.0. The second-order valence-electron chi connectivity index (χ2n) is 5.18. The number of guanidine groups is 1. The average molecular weight is 300 g/mol. The van der Waals surface area contributed by atoms with E-state index >= 15 is 0 Å². The molecule has 2 N–H and O–H groups in total. The third-order valence-electron chi connectivity index (χ3n) is 3.33. The van der Waals surface area contributed by atoms with Crippen molar-refractivity contribution in [3.05, 3.63) is 47.5 Å². The molecule has 0 bridgehead atoms. The highest BCUT2D eigenvalue weighted by Gasteiger charge is 2.01. The van der Waals surface area contributed by atoms with Crippen LogP contribution < -0.4 is 10.6 Å². The smallest absolute Gasteiger partial charge is 0.191 e. The third kappa shape index (κ3) is 4.87. The molecular formula is C16H24N6. The molecule has 0 aliphatic heterocycles. The number of hydrogen-bond acceptors (Lipinski definition) is 3. The van der Waals surface area contributed by atoms with E-state index in [1.54, 1.807) is 13.2 Å². The maximum absolute atomic E-state index is 4.46. The number of hydrogen-bond donors (Lipinski definition) is 2. The molecule has 0 fully saturated rings. The van der Waals surface area contributed by atoms with Gasteiger partial charge in [-0.25, -0.2) is 0 Å². The maximum atomic E-state index is 4.46. The largest absolute Gasteiger partial charge is 0.356 e. The maximum Gasteiger partial charge on any atom is 0.191 e. The van der Waals surface area contributed by atoms with Crippen LogP contribution >= 0.6 is 0 Å². The summed E-state index contributed by atoms with van der Waals surface area (Å²) in [5.74, 6) is 0.791. The van der Waals surface area contributed by atoms with Crippen LogP contribution in [0.1, 0.15) is 23.5 Å². The third-order valence-corrected chi connectivity index (χ3v) is 3.33. The second kappa shape index (κ2) is 8.17. The Kier molecular flexibility index (Phi) is 5.94. The van der Waals surface area contributed by atoms with E-state index in [1.165, 1.54) is 5.69 Å². The molecule has 0 aliphatic rings. The van der Waals surface area contributed by atoms with Crippen molar-refractivity contribution in [2.45, 2.75) is 33.4 Å². The van der Waals surface area contributed by atoms with Crippen LogP contribution in [0.2, 0.25) is 0 Å². The molecule has 0 unspecified atom stereocenters. The van der Waals surface area contributed by atoms with Gasteiger partial charge in [-0.2, -0.15) is 5.10 Å². The van der Waals surface area contributed by atoms with Crippen molar-refractivity contribution in [3.63, 3.8) is 0 Å². The molecule has 0 aromatic carbocycles. The summed E-state index contributed by atoms with van der Waals surface area (Å²) < 4.78 is 2.04. The summed E-state index contributed by atoms with van der Waals surface area (Å²) in [6.45, 7) is 6.52. The highest BCUT2D eigenvalue weighted by molar-refractivity contribution is 5.79. The van der Waals surface area contributed by atoms with Gasteiger partial charge in [0.25, 0.3) is 0 Å². The van der Waals surface area contributed by atoms with Gasteiger partial charge in [-0.3, -0.25) is 14.7 Å². The van der Waals surface area contributed by atoms with Gasteiger partial charge in [0.05, 0.1) is 17.9 Å². The topological polar surface area (TPSA) is 67.1 Å². The summed E-state index contributed by atoms with van der Waals surface area (Å²) in [6.07, 6.45) is 2.79. The van der Waals surface area contributed by atoms with E-state index in [9.17, 15) is 0 Å². The molecule has 0 atom stereocenters. The van der Waals surface area contributed by atoms with Gasteiger partial charge in [0.15, 0.2) is 5.96 Å². The molecule has 0 aliphatic carbocycles. The number of rotatable bonds is 6. The molecule has 6 nitrogen and oxygen atoms in total. The minimum atomic E-state index is 0.665. The Morgan fingerprint density at radius 3 is 2.77 bits per heavy atom. The van der Waals surface area contributed by atoms with Gasteiger partial charge >= 0.3 is 0 Å². The Bertz CT molecular complexity index is 602. The van der Waals surface area contributed by atoms with E-state index in [0.29, 0.717) is 6.54 Å². The molecule has 2 rings (SSSR count). The van der Waals surface area contributed by atoms with Crippen molar-refractivity contribution in [2.75, 3.05) is 13.6 Å². The van der Waals surface area contributed by atoms with Crippen molar-refractivity contribution >= 4 is 5.96 Å². The number of nitrogens with one attached hydrogen (secondary N) is 2. The Morgan fingerprint density at radius 1 is 1.27 bits per heavy atom. The van der Waals surface area contributed by atoms with Crippen LogP contribution in [-0.2, 0) is 13.1 Å². The van der Waals surface area contributed by atoms with E-state index in [-0.39, 0.29) is 0 Å². The number of aromatic nitrogens is 3. The first-order chi connectivity index (χ1) is 10.7. The molecule has 6 heteroatoms. The van der Waals surface area contributed by atoms with Gasteiger partial charge in [0.2, 0.25) is 0 Å². The Labute approximate surface area is 131 Å². The quantitative estimate of drug-likeness (QED) is 0.483. The molecule has 0 saturated carbocycles. The second-order valence-corrected chi connectivity index (χ2v) is 5.18. The fraction of sp³-hybridized carbons (Fsp3) is 0.438. The van der Waals surface area contributed by atoms with Gasteiger partial charge in [0.1, 0.15) is 0 Å². The highest BCUT2D eigenvalue weighted by atomic mass is 15.3. The van der Waals surface area contributed by atoms with E-state index in [2.05, 4.69) is 38.7 Å². The molecule has 0 spiro atoms. The fourth-order valence-corrected chi connectivity index (χ4v) is 2.23. The lowest BCUT2D eigenvalue weighted by Crippen LogP contribution is -2.37. The first-order valence-electron chi connectivity index (χ1n) is 7.54. The molecule has 2 aromatic heterocycles. The molecule has 0 saturated heterocycles. The van der Waals surface area contributed by atoms with Crippen molar-refractivity contribution in [1.29, 1.82) is 0 Å². The van der Waals surface area contributed by atoms with E-state index in [0.717, 1.165) is 36.9 Å². The van der Waals surface area contributed by atoms with Crippen LogP contribution in [0.5, 0.6) is 0 Å². The minimum Gasteiger partial charge on any atom is -0.356 e. The average Bonchev–Trinajstić information content (AvgIpc) is 2.85. The van der Waals surface area contributed by atoms with Crippen LogP contribution in [0.25, 0.3) is 0 Å². The monoisotopic (exact) mass is 300 g/mol. The van der Waals surface area contributed by atoms with Gasteiger partial charge < -0.3 is 10.6 Å². The highest BCUT2D eigenvalue weighted by Crippen LogP contribution is 2.02. The van der Waals surface area contributed by atoms with Crippen LogP contribution in [0.3, 0.4) is 0 Å². The molecular weight excluding hydrogens is 276 g/mol. The predicted molar refractivity (Wildman–Crippen MR) is 88.8 cm³/mol. The van der Waals surface area contributed by atoms with Crippen molar-refractivity contribution < 1.29 is 0 Å². The van der Waals surface area contributed by atoms with Gasteiger partial charge in [-0.05, 0) is 38.5 Å². The lowest BCUT2D eigenvalue weighted by molar-refractivity contribution is 0.555. The lowest BCUT2D eigenvalue weighted by atomic mass is 10.3. The Hall–Kier alpha value is -2.37. The van der Waals surface area contributed by atoms with E-state index in [1.807, 2.05) is 29.8 Å². The molecule has 2 aromatic rings.